The SMILES string of the molecule is NC(=O)Nc1ccc(CN2CCCC2)n(Cc2cc(C(F)(F)F)ccc2F)c1=O. The van der Waals surface area contributed by atoms with E-state index in [1.807, 2.05) is 0 Å². The number of urea groups is 1. The number of alkyl halides is 3. The van der Waals surface area contributed by atoms with Crippen molar-refractivity contribution in [3.8, 4) is 0 Å². The van der Waals surface area contributed by atoms with Crippen LogP contribution in [0.25, 0.3) is 0 Å². The van der Waals surface area contributed by atoms with E-state index in [1.54, 1.807) is 6.07 Å². The molecule has 156 valence electrons. The number of pyridine rings is 1. The lowest BCUT2D eigenvalue weighted by molar-refractivity contribution is -0.137. The van der Waals surface area contributed by atoms with E-state index in [0.29, 0.717) is 24.4 Å². The summed E-state index contributed by atoms with van der Waals surface area (Å²) in [7, 11) is 0. The molecule has 1 aromatic carbocycles. The van der Waals surface area contributed by atoms with Crippen LogP contribution in [0.5, 0.6) is 0 Å². The molecule has 0 spiro atoms. The van der Waals surface area contributed by atoms with Gasteiger partial charge in [0.25, 0.3) is 5.56 Å². The Morgan fingerprint density at radius 1 is 1.10 bits per heavy atom. The van der Waals surface area contributed by atoms with Crippen molar-refractivity contribution >= 4 is 11.7 Å². The number of carbonyl (C=O) groups excluding carboxylic acids is 1. The van der Waals surface area contributed by atoms with Gasteiger partial charge in [0.05, 0.1) is 12.1 Å². The summed E-state index contributed by atoms with van der Waals surface area (Å²) in [6, 6.07) is 4.09. The van der Waals surface area contributed by atoms with Gasteiger partial charge in [0.2, 0.25) is 0 Å². The van der Waals surface area contributed by atoms with Crippen LogP contribution in [0.3, 0.4) is 0 Å². The summed E-state index contributed by atoms with van der Waals surface area (Å²) in [5, 5.41) is 2.19. The number of benzene rings is 1. The highest BCUT2D eigenvalue weighted by Crippen LogP contribution is 2.30. The fourth-order valence-corrected chi connectivity index (χ4v) is 3.37. The first-order valence-electron chi connectivity index (χ1n) is 9.02. The van der Waals surface area contributed by atoms with E-state index >= 15 is 0 Å². The molecule has 1 fully saturated rings. The largest absolute Gasteiger partial charge is 0.416 e. The summed E-state index contributed by atoms with van der Waals surface area (Å²) in [5.74, 6) is -0.856. The number of likely N-dealkylation sites (tertiary alicyclic amines) is 1. The van der Waals surface area contributed by atoms with E-state index in [9.17, 15) is 27.2 Å². The number of hydrogen-bond donors (Lipinski definition) is 2. The third-order valence-corrected chi connectivity index (χ3v) is 4.81. The van der Waals surface area contributed by atoms with Gasteiger partial charge in [0, 0.05) is 17.8 Å². The van der Waals surface area contributed by atoms with Crippen molar-refractivity contribution in [2.24, 2.45) is 5.73 Å². The zero-order valence-electron chi connectivity index (χ0n) is 15.4. The van der Waals surface area contributed by atoms with Crippen molar-refractivity contribution in [3.05, 3.63) is 63.3 Å². The Balaban J connectivity index is 2.03. The van der Waals surface area contributed by atoms with Crippen LogP contribution < -0.4 is 16.6 Å². The maximum atomic E-state index is 14.2. The minimum atomic E-state index is -4.64. The molecule has 1 aliphatic rings. The number of primary amides is 1. The molecule has 0 atom stereocenters. The van der Waals surface area contributed by atoms with E-state index in [4.69, 9.17) is 5.73 Å². The number of aromatic nitrogens is 1. The van der Waals surface area contributed by atoms with Gasteiger partial charge < -0.3 is 15.6 Å². The number of halogens is 4. The molecule has 3 N–H and O–H groups in total. The summed E-state index contributed by atoms with van der Waals surface area (Å²) in [6.45, 7) is 1.62. The van der Waals surface area contributed by atoms with Crippen LogP contribution in [-0.2, 0) is 19.3 Å². The van der Waals surface area contributed by atoms with Gasteiger partial charge in [0.1, 0.15) is 11.5 Å². The van der Waals surface area contributed by atoms with Crippen LogP contribution in [0, 0.1) is 5.82 Å². The molecule has 0 aliphatic carbocycles. The number of nitrogens with zero attached hydrogens (tertiary/aromatic N) is 2. The second kappa shape index (κ2) is 8.24. The van der Waals surface area contributed by atoms with Crippen molar-refractivity contribution in [1.29, 1.82) is 0 Å². The molecule has 0 unspecified atom stereocenters. The van der Waals surface area contributed by atoms with Gasteiger partial charge in [-0.05, 0) is 56.3 Å². The smallest absolute Gasteiger partial charge is 0.351 e. The Kier molecular flexibility index (Phi) is 5.92. The maximum Gasteiger partial charge on any atom is 0.416 e. The minimum Gasteiger partial charge on any atom is -0.351 e. The highest BCUT2D eigenvalue weighted by Gasteiger charge is 2.31. The average Bonchev–Trinajstić information content (AvgIpc) is 3.13. The first-order chi connectivity index (χ1) is 13.6. The molecule has 1 aliphatic heterocycles. The molecule has 0 radical (unpaired) electrons. The van der Waals surface area contributed by atoms with Crippen molar-refractivity contribution < 1.29 is 22.4 Å². The molecule has 29 heavy (non-hydrogen) atoms. The number of carbonyl (C=O) groups is 1. The number of nitrogens with two attached hydrogens (primary N) is 1. The second-order valence-electron chi connectivity index (χ2n) is 6.91. The number of hydrogen-bond acceptors (Lipinski definition) is 3. The van der Waals surface area contributed by atoms with Crippen molar-refractivity contribution in [3.63, 3.8) is 0 Å². The lowest BCUT2D eigenvalue weighted by atomic mass is 10.1. The molecule has 6 nitrogen and oxygen atoms in total. The van der Waals surface area contributed by atoms with Crippen LogP contribution >= 0.6 is 0 Å². The van der Waals surface area contributed by atoms with Crippen LogP contribution in [0.4, 0.5) is 28.0 Å². The zero-order valence-corrected chi connectivity index (χ0v) is 15.4. The molecule has 2 aromatic rings. The van der Waals surface area contributed by atoms with Gasteiger partial charge in [-0.2, -0.15) is 13.2 Å². The minimum absolute atomic E-state index is 0.130. The normalized spacial score (nSPS) is 14.9. The maximum absolute atomic E-state index is 14.2. The van der Waals surface area contributed by atoms with E-state index in [2.05, 4.69) is 10.2 Å². The van der Waals surface area contributed by atoms with E-state index in [1.165, 1.54) is 10.6 Å². The average molecular weight is 412 g/mol. The summed E-state index contributed by atoms with van der Waals surface area (Å²) < 4.78 is 54.5. The highest BCUT2D eigenvalue weighted by molar-refractivity contribution is 5.87. The molecular formula is C19H20F4N4O2. The monoisotopic (exact) mass is 412 g/mol. The molecule has 2 amide bonds. The lowest BCUT2D eigenvalue weighted by Gasteiger charge is -2.20. The molecule has 2 heterocycles. The van der Waals surface area contributed by atoms with Crippen molar-refractivity contribution in [2.45, 2.75) is 32.1 Å². The number of rotatable bonds is 5. The van der Waals surface area contributed by atoms with Crippen LogP contribution in [0.15, 0.2) is 35.1 Å². The summed E-state index contributed by atoms with van der Waals surface area (Å²) in [4.78, 5) is 26.1. The van der Waals surface area contributed by atoms with E-state index in [-0.39, 0.29) is 11.3 Å². The van der Waals surface area contributed by atoms with Gasteiger partial charge >= 0.3 is 12.2 Å². The zero-order chi connectivity index (χ0) is 21.2. The highest BCUT2D eigenvalue weighted by atomic mass is 19.4. The Bertz CT molecular complexity index is 966. The van der Waals surface area contributed by atoms with Gasteiger partial charge in [-0.15, -0.1) is 0 Å². The number of anilines is 1. The van der Waals surface area contributed by atoms with E-state index < -0.39 is 35.7 Å². The first kappa shape index (κ1) is 20.8. The molecule has 3 rings (SSSR count). The van der Waals surface area contributed by atoms with Gasteiger partial charge in [-0.25, -0.2) is 9.18 Å². The van der Waals surface area contributed by atoms with Crippen LogP contribution in [0.2, 0.25) is 0 Å². The lowest BCUT2D eigenvalue weighted by Crippen LogP contribution is -2.32. The van der Waals surface area contributed by atoms with Crippen LogP contribution in [-0.4, -0.2) is 28.6 Å². The number of amides is 2. The predicted molar refractivity (Wildman–Crippen MR) is 98.9 cm³/mol. The number of nitrogens with one attached hydrogen (secondary N) is 1. The molecule has 1 aromatic heterocycles. The van der Waals surface area contributed by atoms with Gasteiger partial charge in [0.15, 0.2) is 0 Å². The summed E-state index contributed by atoms with van der Waals surface area (Å²) in [6.07, 6.45) is -2.62. The Labute approximate surface area is 163 Å². The van der Waals surface area contributed by atoms with Gasteiger partial charge in [-0.3, -0.25) is 9.69 Å². The van der Waals surface area contributed by atoms with Crippen LogP contribution in [0.1, 0.15) is 29.7 Å². The first-order valence-corrected chi connectivity index (χ1v) is 9.02. The fourth-order valence-electron chi connectivity index (χ4n) is 3.37. The second-order valence-corrected chi connectivity index (χ2v) is 6.91. The molecule has 0 saturated carbocycles. The Hall–Kier alpha value is -2.88. The van der Waals surface area contributed by atoms with Crippen molar-refractivity contribution in [2.75, 3.05) is 18.4 Å². The topological polar surface area (TPSA) is 80.4 Å². The van der Waals surface area contributed by atoms with E-state index in [0.717, 1.165) is 32.0 Å². The molecular weight excluding hydrogens is 392 g/mol. The molecule has 1 saturated heterocycles. The quantitative estimate of drug-likeness (QED) is 0.741. The third-order valence-electron chi connectivity index (χ3n) is 4.81. The standard InChI is InChI=1S/C19H20F4N4O2/c20-15-5-3-13(19(21,22)23)9-12(15)10-27-14(11-26-7-1-2-8-26)4-6-16(17(27)28)25-18(24)29/h3-6,9H,1-2,7-8,10-11H2,(H3,24,25,29). The van der Waals surface area contributed by atoms with Crippen molar-refractivity contribution in [1.82, 2.24) is 9.47 Å². The Morgan fingerprint density at radius 3 is 2.41 bits per heavy atom. The summed E-state index contributed by atoms with van der Waals surface area (Å²) >= 11 is 0. The Morgan fingerprint density at radius 2 is 1.79 bits per heavy atom. The fraction of sp³-hybridized carbons (Fsp3) is 0.368. The summed E-state index contributed by atoms with van der Waals surface area (Å²) in [5.41, 5.74) is 3.49. The molecule has 10 heteroatoms. The third kappa shape index (κ3) is 4.94. The predicted octanol–water partition coefficient (Wildman–Crippen LogP) is 3.14. The van der Waals surface area contributed by atoms with Gasteiger partial charge in [-0.1, -0.05) is 0 Å². The molecule has 0 bridgehead atoms.